The topological polar surface area (TPSA) is 96.7 Å². The van der Waals surface area contributed by atoms with Gasteiger partial charge < -0.3 is 10.6 Å². The Hall–Kier alpha value is -2.92. The van der Waals surface area contributed by atoms with Crippen molar-refractivity contribution in [3.05, 3.63) is 63.6 Å². The molecular weight excluding hydrogens is 413 g/mol. The van der Waals surface area contributed by atoms with E-state index in [1.165, 1.54) is 39.9 Å². The number of aromatic nitrogens is 6. The van der Waals surface area contributed by atoms with E-state index in [0.29, 0.717) is 29.2 Å². The third-order valence-corrected chi connectivity index (χ3v) is 5.82. The van der Waals surface area contributed by atoms with Crippen LogP contribution in [0.3, 0.4) is 0 Å². The Morgan fingerprint density at radius 3 is 2.72 bits per heavy atom. The lowest BCUT2D eigenvalue weighted by Gasteiger charge is -2.04. The van der Waals surface area contributed by atoms with Crippen LogP contribution in [0.15, 0.2) is 40.9 Å². The summed E-state index contributed by atoms with van der Waals surface area (Å²) in [6, 6.07) is 7.86. The number of thiazole rings is 1. The molecule has 11 heteroatoms. The van der Waals surface area contributed by atoms with E-state index < -0.39 is 0 Å². The first-order valence-corrected chi connectivity index (χ1v) is 10.5. The van der Waals surface area contributed by atoms with Gasteiger partial charge in [0, 0.05) is 16.8 Å². The van der Waals surface area contributed by atoms with Crippen LogP contribution in [0.5, 0.6) is 5.75 Å². The molecule has 0 aliphatic carbocycles. The first-order valence-electron chi connectivity index (χ1n) is 8.68. The zero-order chi connectivity index (χ0) is 20.4. The van der Waals surface area contributed by atoms with E-state index in [0.717, 1.165) is 22.1 Å². The molecule has 8 nitrogen and oxygen atoms in total. The summed E-state index contributed by atoms with van der Waals surface area (Å²) in [6.45, 7) is 4.18. The Balaban J connectivity index is 1.36. The number of halogens is 1. The Morgan fingerprint density at radius 2 is 2.00 bits per heavy atom. The van der Waals surface area contributed by atoms with E-state index in [1.807, 2.05) is 25.3 Å². The van der Waals surface area contributed by atoms with Crippen molar-refractivity contribution in [2.45, 2.75) is 31.4 Å². The predicted molar refractivity (Wildman–Crippen MR) is 109 cm³/mol. The molecule has 0 aliphatic rings. The Labute approximate surface area is 174 Å². The molecule has 1 aromatic carbocycles. The van der Waals surface area contributed by atoms with Crippen molar-refractivity contribution in [3.8, 4) is 11.7 Å². The van der Waals surface area contributed by atoms with Crippen LogP contribution in [0.25, 0.3) is 5.95 Å². The van der Waals surface area contributed by atoms with Crippen LogP contribution >= 0.6 is 23.1 Å². The van der Waals surface area contributed by atoms with Gasteiger partial charge in [-0.2, -0.15) is 5.10 Å². The average Bonchev–Trinajstić information content (AvgIpc) is 3.39. The second-order valence-electron chi connectivity index (χ2n) is 6.26. The number of benzene rings is 1. The molecule has 0 spiro atoms. The standard InChI is InChI=1S/C18H18FN7OS2/c1-11-7-12(2)26(24-11)17-22-23-18(25(17)20)29-10-14-9-28-16(21-14)8-27-15-5-3-13(19)4-6-15/h3-7,9H,8,10,20H2,1-2H3. The molecular formula is C18H18FN7OS2. The van der Waals surface area contributed by atoms with Gasteiger partial charge in [0.15, 0.2) is 0 Å². The van der Waals surface area contributed by atoms with E-state index in [9.17, 15) is 4.39 Å². The van der Waals surface area contributed by atoms with Crippen LogP contribution in [-0.2, 0) is 12.4 Å². The smallest absolute Gasteiger partial charge is 0.271 e. The summed E-state index contributed by atoms with van der Waals surface area (Å²) in [5, 5.41) is 16.1. The Kier molecular flexibility index (Phi) is 5.49. The van der Waals surface area contributed by atoms with Gasteiger partial charge in [-0.3, -0.25) is 0 Å². The SMILES string of the molecule is Cc1cc(C)n(-c2nnc(SCc3csc(COc4ccc(F)cc4)n3)n2N)n1. The van der Waals surface area contributed by atoms with Crippen molar-refractivity contribution in [2.75, 3.05) is 5.84 Å². The molecule has 0 atom stereocenters. The van der Waals surface area contributed by atoms with Gasteiger partial charge in [0.25, 0.3) is 5.95 Å². The fourth-order valence-corrected chi connectivity index (χ4v) is 4.19. The number of nitrogens with two attached hydrogens (primary N) is 1. The largest absolute Gasteiger partial charge is 0.486 e. The fourth-order valence-electron chi connectivity index (χ4n) is 2.64. The molecule has 0 unspecified atom stereocenters. The molecule has 0 aliphatic heterocycles. The van der Waals surface area contributed by atoms with Crippen molar-refractivity contribution in [1.82, 2.24) is 29.6 Å². The van der Waals surface area contributed by atoms with Gasteiger partial charge in [-0.1, -0.05) is 11.8 Å². The van der Waals surface area contributed by atoms with Gasteiger partial charge in [0.1, 0.15) is 23.2 Å². The normalized spacial score (nSPS) is 11.1. The third-order valence-electron chi connectivity index (χ3n) is 3.97. The van der Waals surface area contributed by atoms with E-state index in [1.54, 1.807) is 16.8 Å². The molecule has 2 N–H and O–H groups in total. The molecule has 0 amide bonds. The second kappa shape index (κ2) is 8.21. The lowest BCUT2D eigenvalue weighted by atomic mass is 10.3. The summed E-state index contributed by atoms with van der Waals surface area (Å²) in [5.74, 6) is 7.52. The number of hydrogen-bond acceptors (Lipinski definition) is 8. The second-order valence-corrected chi connectivity index (χ2v) is 8.14. The minimum atomic E-state index is -0.292. The highest BCUT2D eigenvalue weighted by molar-refractivity contribution is 7.98. The zero-order valence-electron chi connectivity index (χ0n) is 15.7. The number of hydrogen-bond donors (Lipinski definition) is 1. The maximum absolute atomic E-state index is 12.9. The molecule has 4 rings (SSSR count). The number of aryl methyl sites for hydroxylation is 2. The quantitative estimate of drug-likeness (QED) is 0.354. The minimum absolute atomic E-state index is 0.292. The van der Waals surface area contributed by atoms with Crippen molar-refractivity contribution >= 4 is 23.1 Å². The average molecular weight is 432 g/mol. The highest BCUT2D eigenvalue weighted by atomic mass is 32.2. The van der Waals surface area contributed by atoms with Crippen LogP contribution in [-0.4, -0.2) is 29.6 Å². The van der Waals surface area contributed by atoms with E-state index >= 15 is 0 Å². The molecule has 0 radical (unpaired) electrons. The summed E-state index contributed by atoms with van der Waals surface area (Å²) in [5.41, 5.74) is 2.72. The molecule has 0 bridgehead atoms. The van der Waals surface area contributed by atoms with E-state index in [2.05, 4.69) is 20.3 Å². The van der Waals surface area contributed by atoms with E-state index in [4.69, 9.17) is 10.6 Å². The first kappa shape index (κ1) is 19.4. The van der Waals surface area contributed by atoms with Gasteiger partial charge in [-0.25, -0.2) is 18.7 Å². The predicted octanol–water partition coefficient (Wildman–Crippen LogP) is 3.26. The van der Waals surface area contributed by atoms with E-state index in [-0.39, 0.29) is 5.82 Å². The number of nitrogens with zero attached hydrogens (tertiary/aromatic N) is 6. The molecule has 4 aromatic rings. The number of thioether (sulfide) groups is 1. The van der Waals surface area contributed by atoms with Crippen molar-refractivity contribution in [3.63, 3.8) is 0 Å². The van der Waals surface area contributed by atoms with Crippen LogP contribution in [0.1, 0.15) is 22.1 Å². The maximum atomic E-state index is 12.9. The molecule has 0 saturated carbocycles. The number of nitrogen functional groups attached to an aromatic ring is 1. The summed E-state index contributed by atoms with van der Waals surface area (Å²) in [7, 11) is 0. The Bertz CT molecular complexity index is 1120. The fraction of sp³-hybridized carbons (Fsp3) is 0.222. The molecule has 3 aromatic heterocycles. The first-order chi connectivity index (χ1) is 14.0. The van der Waals surface area contributed by atoms with Gasteiger partial charge in [0.05, 0.1) is 11.4 Å². The molecule has 0 fully saturated rings. The molecule has 29 heavy (non-hydrogen) atoms. The van der Waals surface area contributed by atoms with Crippen LogP contribution in [0.4, 0.5) is 4.39 Å². The zero-order valence-corrected chi connectivity index (χ0v) is 17.4. The summed E-state index contributed by atoms with van der Waals surface area (Å²) in [6.07, 6.45) is 0. The van der Waals surface area contributed by atoms with Crippen LogP contribution < -0.4 is 10.6 Å². The number of ether oxygens (including phenoxy) is 1. The summed E-state index contributed by atoms with van der Waals surface area (Å²) >= 11 is 2.95. The lowest BCUT2D eigenvalue weighted by Crippen LogP contribution is -2.17. The third kappa shape index (κ3) is 4.40. The Morgan fingerprint density at radius 1 is 1.21 bits per heavy atom. The van der Waals surface area contributed by atoms with Crippen molar-refractivity contribution < 1.29 is 9.13 Å². The highest BCUT2D eigenvalue weighted by Gasteiger charge is 2.15. The van der Waals surface area contributed by atoms with Gasteiger partial charge in [-0.05, 0) is 44.2 Å². The summed E-state index contributed by atoms with van der Waals surface area (Å²) < 4.78 is 21.7. The summed E-state index contributed by atoms with van der Waals surface area (Å²) in [4.78, 5) is 4.55. The van der Waals surface area contributed by atoms with Crippen LogP contribution in [0, 0.1) is 19.7 Å². The van der Waals surface area contributed by atoms with Gasteiger partial charge in [-0.15, -0.1) is 21.5 Å². The van der Waals surface area contributed by atoms with Crippen LogP contribution in [0.2, 0.25) is 0 Å². The highest BCUT2D eigenvalue weighted by Crippen LogP contribution is 2.23. The molecule has 3 heterocycles. The van der Waals surface area contributed by atoms with Gasteiger partial charge in [0.2, 0.25) is 5.16 Å². The molecule has 150 valence electrons. The number of rotatable bonds is 7. The van der Waals surface area contributed by atoms with Crippen molar-refractivity contribution in [1.29, 1.82) is 0 Å². The van der Waals surface area contributed by atoms with Crippen molar-refractivity contribution in [2.24, 2.45) is 0 Å². The molecule has 0 saturated heterocycles. The lowest BCUT2D eigenvalue weighted by molar-refractivity contribution is 0.305. The minimum Gasteiger partial charge on any atom is -0.486 e. The maximum Gasteiger partial charge on any atom is 0.271 e. The monoisotopic (exact) mass is 431 g/mol. The van der Waals surface area contributed by atoms with Gasteiger partial charge >= 0.3 is 0 Å².